The van der Waals surface area contributed by atoms with Crippen LogP contribution in [0.15, 0.2) is 17.1 Å². The number of hydrogen-bond acceptors (Lipinski definition) is 2. The number of nitrogens with two attached hydrogens (primary N) is 1. The third kappa shape index (κ3) is 3.49. The van der Waals surface area contributed by atoms with Gasteiger partial charge in [-0.1, -0.05) is 23.2 Å². The Hall–Kier alpha value is -1.13. The number of amidine groups is 1. The van der Waals surface area contributed by atoms with Gasteiger partial charge >= 0.3 is 0 Å². The van der Waals surface area contributed by atoms with E-state index in [-0.39, 0.29) is 28.0 Å². The Morgan fingerprint density at radius 2 is 2.07 bits per heavy atom. The van der Waals surface area contributed by atoms with Crippen LogP contribution in [0, 0.1) is 11.2 Å². The normalized spacial score (nSPS) is 10.9. The molecular weight excluding hydrogens is 240 g/mol. The minimum absolute atomic E-state index is 0.0275. The molecule has 80 valence electrons. The molecule has 0 spiro atoms. The summed E-state index contributed by atoms with van der Waals surface area (Å²) in [4.78, 5) is 3.76. The predicted octanol–water partition coefficient (Wildman–Crippen LogP) is 2.49. The van der Waals surface area contributed by atoms with Crippen molar-refractivity contribution in [3.8, 4) is 0 Å². The van der Waals surface area contributed by atoms with Crippen LogP contribution in [0.1, 0.15) is 5.56 Å². The molecule has 0 saturated carbocycles. The van der Waals surface area contributed by atoms with Crippen LogP contribution in [0.3, 0.4) is 0 Å². The fourth-order valence-corrected chi connectivity index (χ4v) is 1.20. The van der Waals surface area contributed by atoms with Crippen LogP contribution in [0.4, 0.5) is 4.39 Å². The Balaban J connectivity index is 2.90. The van der Waals surface area contributed by atoms with Gasteiger partial charge in [0.2, 0.25) is 0 Å². The molecular formula is C9H8Cl2FN3. The molecule has 0 bridgehead atoms. The highest BCUT2D eigenvalue weighted by atomic mass is 35.5. The zero-order valence-electron chi connectivity index (χ0n) is 7.60. The Morgan fingerprint density at radius 1 is 1.47 bits per heavy atom. The fourth-order valence-electron chi connectivity index (χ4n) is 0.879. The number of aliphatic imine (C=N–C) groups is 1. The minimum atomic E-state index is -0.517. The second-order valence-corrected chi connectivity index (χ2v) is 3.60. The monoisotopic (exact) mass is 247 g/mol. The van der Waals surface area contributed by atoms with Crippen LogP contribution >= 0.6 is 23.2 Å². The summed E-state index contributed by atoms with van der Waals surface area (Å²) in [6.45, 7) is 0.0275. The third-order valence-corrected chi connectivity index (χ3v) is 2.25. The lowest BCUT2D eigenvalue weighted by Gasteiger charge is -1.99. The highest BCUT2D eigenvalue weighted by Crippen LogP contribution is 2.24. The van der Waals surface area contributed by atoms with Crippen molar-refractivity contribution in [3.63, 3.8) is 0 Å². The van der Waals surface area contributed by atoms with Gasteiger partial charge in [-0.3, -0.25) is 10.4 Å². The van der Waals surface area contributed by atoms with Crippen molar-refractivity contribution < 1.29 is 4.39 Å². The molecule has 1 aromatic carbocycles. The summed E-state index contributed by atoms with van der Waals surface area (Å²) >= 11 is 11.3. The van der Waals surface area contributed by atoms with Crippen molar-refractivity contribution in [3.05, 3.63) is 33.6 Å². The number of hydrogen-bond donors (Lipinski definition) is 2. The average Bonchev–Trinajstić information content (AvgIpc) is 2.13. The van der Waals surface area contributed by atoms with Crippen LogP contribution in [0.25, 0.3) is 0 Å². The molecule has 1 rings (SSSR count). The highest BCUT2D eigenvalue weighted by Gasteiger charge is 2.04. The second-order valence-electron chi connectivity index (χ2n) is 2.78. The van der Waals surface area contributed by atoms with Gasteiger partial charge in [0.15, 0.2) is 0 Å². The molecule has 0 amide bonds. The maximum atomic E-state index is 13.2. The topological polar surface area (TPSA) is 62.2 Å². The van der Waals surface area contributed by atoms with E-state index in [9.17, 15) is 4.39 Å². The van der Waals surface area contributed by atoms with Gasteiger partial charge in [-0.05, 0) is 12.1 Å². The van der Waals surface area contributed by atoms with Gasteiger partial charge in [0, 0.05) is 11.8 Å². The van der Waals surface area contributed by atoms with E-state index in [2.05, 4.69) is 4.99 Å². The number of rotatable bonds is 3. The van der Waals surface area contributed by atoms with Gasteiger partial charge < -0.3 is 5.73 Å². The van der Waals surface area contributed by atoms with Gasteiger partial charge in [-0.15, -0.1) is 0 Å². The van der Waals surface area contributed by atoms with E-state index in [0.29, 0.717) is 0 Å². The number of nitrogens with zero attached hydrogens (tertiary/aromatic N) is 1. The van der Waals surface area contributed by atoms with Gasteiger partial charge in [-0.25, -0.2) is 4.39 Å². The number of benzene rings is 1. The molecule has 0 aromatic heterocycles. The Kier molecular flexibility index (Phi) is 4.05. The van der Waals surface area contributed by atoms with Crippen molar-refractivity contribution >= 4 is 35.3 Å². The van der Waals surface area contributed by atoms with Gasteiger partial charge in [-0.2, -0.15) is 0 Å². The summed E-state index contributed by atoms with van der Waals surface area (Å²) in [5, 5.41) is 7.32. The van der Waals surface area contributed by atoms with Gasteiger partial charge in [0.05, 0.1) is 16.6 Å². The predicted molar refractivity (Wildman–Crippen MR) is 60.8 cm³/mol. The van der Waals surface area contributed by atoms with Gasteiger partial charge in [0.1, 0.15) is 11.7 Å². The average molecular weight is 248 g/mol. The molecule has 3 nitrogen and oxygen atoms in total. The first-order valence-corrected chi connectivity index (χ1v) is 4.73. The van der Waals surface area contributed by atoms with Crippen molar-refractivity contribution in [1.29, 1.82) is 5.41 Å². The summed E-state index contributed by atoms with van der Waals surface area (Å²) in [5.74, 6) is -0.608. The lowest BCUT2D eigenvalue weighted by atomic mass is 10.2. The summed E-state index contributed by atoms with van der Waals surface area (Å²) < 4.78 is 13.2. The smallest absolute Gasteiger partial charge is 0.133 e. The second kappa shape index (κ2) is 5.09. The van der Waals surface area contributed by atoms with E-state index >= 15 is 0 Å². The summed E-state index contributed by atoms with van der Waals surface area (Å²) in [7, 11) is 0. The molecule has 0 aliphatic rings. The Bertz CT molecular complexity index is 418. The molecule has 0 radical (unpaired) electrons. The van der Waals surface area contributed by atoms with E-state index in [0.717, 1.165) is 6.07 Å². The lowest BCUT2D eigenvalue weighted by Crippen LogP contribution is -2.13. The zero-order chi connectivity index (χ0) is 11.4. The molecule has 0 saturated heterocycles. The fraction of sp³-hybridized carbons (Fsp3) is 0.111. The molecule has 3 N–H and O–H groups in total. The molecule has 6 heteroatoms. The lowest BCUT2D eigenvalue weighted by molar-refractivity contribution is 0.626. The zero-order valence-corrected chi connectivity index (χ0v) is 9.11. The Labute approximate surface area is 96.2 Å². The van der Waals surface area contributed by atoms with Crippen LogP contribution in [0.5, 0.6) is 0 Å². The molecule has 1 aromatic rings. The standard InChI is InChI=1S/C9H8Cl2FN3/c10-6-1-5(3-15-4-9(13)14)8(12)2-7(6)11/h1-3H,4H2,(H3,13,14). The minimum Gasteiger partial charge on any atom is -0.386 e. The summed E-state index contributed by atoms with van der Waals surface area (Å²) in [6.07, 6.45) is 1.26. The van der Waals surface area contributed by atoms with E-state index in [1.807, 2.05) is 0 Å². The maximum absolute atomic E-state index is 13.2. The largest absolute Gasteiger partial charge is 0.386 e. The van der Waals surface area contributed by atoms with Crippen molar-refractivity contribution in [1.82, 2.24) is 0 Å². The first-order chi connectivity index (χ1) is 7.00. The third-order valence-electron chi connectivity index (χ3n) is 1.53. The quantitative estimate of drug-likeness (QED) is 0.481. The van der Waals surface area contributed by atoms with Crippen molar-refractivity contribution in [2.24, 2.45) is 10.7 Å². The van der Waals surface area contributed by atoms with Crippen molar-refractivity contribution in [2.75, 3.05) is 6.54 Å². The van der Waals surface area contributed by atoms with E-state index in [1.165, 1.54) is 12.3 Å². The molecule has 0 aliphatic carbocycles. The van der Waals surface area contributed by atoms with Crippen LogP contribution in [-0.2, 0) is 0 Å². The molecule has 0 atom stereocenters. The van der Waals surface area contributed by atoms with E-state index < -0.39 is 5.82 Å². The number of nitrogens with one attached hydrogen (secondary N) is 1. The Morgan fingerprint density at radius 3 is 2.67 bits per heavy atom. The first-order valence-electron chi connectivity index (χ1n) is 3.98. The van der Waals surface area contributed by atoms with E-state index in [4.69, 9.17) is 34.3 Å². The van der Waals surface area contributed by atoms with Crippen LogP contribution < -0.4 is 5.73 Å². The first kappa shape index (κ1) is 11.9. The molecule has 0 heterocycles. The van der Waals surface area contributed by atoms with Crippen LogP contribution in [-0.4, -0.2) is 18.6 Å². The van der Waals surface area contributed by atoms with E-state index in [1.54, 1.807) is 0 Å². The molecule has 0 unspecified atom stereocenters. The number of halogens is 3. The van der Waals surface area contributed by atoms with Gasteiger partial charge in [0.25, 0.3) is 0 Å². The summed E-state index contributed by atoms with van der Waals surface area (Å²) in [5.41, 5.74) is 5.29. The summed E-state index contributed by atoms with van der Waals surface area (Å²) in [6, 6.07) is 2.47. The molecule has 15 heavy (non-hydrogen) atoms. The molecule has 0 aliphatic heterocycles. The van der Waals surface area contributed by atoms with Crippen molar-refractivity contribution in [2.45, 2.75) is 0 Å². The SMILES string of the molecule is N=C(N)CN=Cc1cc(Cl)c(Cl)cc1F. The molecule has 0 fully saturated rings. The van der Waals surface area contributed by atoms with Crippen LogP contribution in [0.2, 0.25) is 10.0 Å². The highest BCUT2D eigenvalue weighted by molar-refractivity contribution is 6.42. The maximum Gasteiger partial charge on any atom is 0.133 e.